The molecule has 116 valence electrons. The molecule has 1 aromatic carbocycles. The molecule has 1 saturated heterocycles. The number of aryl methyl sites for hydroxylation is 1. The number of rotatable bonds is 4. The van der Waals surface area contributed by atoms with Crippen LogP contribution in [0.4, 0.5) is 0 Å². The quantitative estimate of drug-likeness (QED) is 0.799. The van der Waals surface area contributed by atoms with Gasteiger partial charge in [0.1, 0.15) is 0 Å². The zero-order chi connectivity index (χ0) is 15.5. The van der Waals surface area contributed by atoms with Crippen molar-refractivity contribution in [2.45, 2.75) is 43.5 Å². The van der Waals surface area contributed by atoms with Crippen LogP contribution in [0.5, 0.6) is 0 Å². The number of benzene rings is 1. The van der Waals surface area contributed by atoms with Gasteiger partial charge in [-0.2, -0.15) is 4.31 Å². The van der Waals surface area contributed by atoms with E-state index in [1.807, 2.05) is 13.0 Å². The summed E-state index contributed by atoms with van der Waals surface area (Å²) in [5.41, 5.74) is 0.901. The van der Waals surface area contributed by atoms with E-state index in [2.05, 4.69) is 4.74 Å². The number of sulfonamides is 1. The van der Waals surface area contributed by atoms with E-state index in [-0.39, 0.29) is 18.4 Å². The Morgan fingerprint density at radius 1 is 1.38 bits per heavy atom. The fourth-order valence-electron chi connectivity index (χ4n) is 2.68. The molecule has 0 aromatic heterocycles. The Morgan fingerprint density at radius 3 is 2.81 bits per heavy atom. The highest BCUT2D eigenvalue weighted by molar-refractivity contribution is 7.89. The summed E-state index contributed by atoms with van der Waals surface area (Å²) in [5.74, 6) is -0.369. The number of esters is 1. The van der Waals surface area contributed by atoms with Gasteiger partial charge in [-0.3, -0.25) is 4.79 Å². The number of piperidine rings is 1. The predicted molar refractivity (Wildman–Crippen MR) is 79.3 cm³/mol. The van der Waals surface area contributed by atoms with E-state index in [9.17, 15) is 13.2 Å². The fourth-order valence-corrected chi connectivity index (χ4v) is 4.48. The molecule has 1 aliphatic rings. The van der Waals surface area contributed by atoms with Crippen molar-refractivity contribution in [2.24, 2.45) is 0 Å². The minimum atomic E-state index is -3.56. The first-order valence-corrected chi connectivity index (χ1v) is 8.54. The predicted octanol–water partition coefficient (Wildman–Crippen LogP) is 2.10. The molecular formula is C15H21NO4S. The lowest BCUT2D eigenvalue weighted by atomic mass is 10.0. The van der Waals surface area contributed by atoms with Gasteiger partial charge in [-0.25, -0.2) is 8.42 Å². The Labute approximate surface area is 126 Å². The highest BCUT2D eigenvalue weighted by atomic mass is 32.2. The Balaban J connectivity index is 2.29. The lowest BCUT2D eigenvalue weighted by molar-refractivity contribution is -0.141. The molecule has 0 spiro atoms. The van der Waals surface area contributed by atoms with Crippen molar-refractivity contribution < 1.29 is 17.9 Å². The van der Waals surface area contributed by atoms with Crippen LogP contribution in [0.2, 0.25) is 0 Å². The fraction of sp³-hybridized carbons (Fsp3) is 0.533. The van der Waals surface area contributed by atoms with Gasteiger partial charge in [-0.05, 0) is 37.5 Å². The maximum absolute atomic E-state index is 12.8. The van der Waals surface area contributed by atoms with E-state index in [0.29, 0.717) is 17.9 Å². The molecule has 1 atom stereocenters. The van der Waals surface area contributed by atoms with Gasteiger partial charge in [0.25, 0.3) is 0 Å². The normalized spacial score (nSPS) is 20.2. The summed E-state index contributed by atoms with van der Waals surface area (Å²) in [7, 11) is -2.24. The molecule has 1 aliphatic heterocycles. The van der Waals surface area contributed by atoms with Crippen LogP contribution in [0.15, 0.2) is 29.2 Å². The summed E-state index contributed by atoms with van der Waals surface area (Å²) in [6.07, 6.45) is 2.56. The monoisotopic (exact) mass is 311 g/mol. The van der Waals surface area contributed by atoms with Gasteiger partial charge in [0.2, 0.25) is 10.0 Å². The molecule has 21 heavy (non-hydrogen) atoms. The van der Waals surface area contributed by atoms with Crippen LogP contribution in [0.25, 0.3) is 0 Å². The third-order valence-corrected chi connectivity index (χ3v) is 5.75. The number of methoxy groups -OCH3 is 1. The summed E-state index contributed by atoms with van der Waals surface area (Å²) >= 11 is 0. The van der Waals surface area contributed by atoms with Crippen LogP contribution in [-0.2, 0) is 19.6 Å². The van der Waals surface area contributed by atoms with Gasteiger partial charge in [0.15, 0.2) is 0 Å². The molecule has 0 radical (unpaired) electrons. The van der Waals surface area contributed by atoms with Gasteiger partial charge in [0, 0.05) is 12.6 Å². The van der Waals surface area contributed by atoms with Crippen molar-refractivity contribution >= 4 is 16.0 Å². The molecule has 6 heteroatoms. The number of hydrogen-bond donors (Lipinski definition) is 0. The van der Waals surface area contributed by atoms with E-state index in [0.717, 1.165) is 18.4 Å². The number of nitrogens with zero attached hydrogens (tertiary/aromatic N) is 1. The van der Waals surface area contributed by atoms with Crippen molar-refractivity contribution in [1.82, 2.24) is 4.31 Å². The van der Waals surface area contributed by atoms with Crippen LogP contribution in [0.1, 0.15) is 31.2 Å². The largest absolute Gasteiger partial charge is 0.469 e. The van der Waals surface area contributed by atoms with Crippen LogP contribution in [0, 0.1) is 6.92 Å². The molecule has 1 unspecified atom stereocenters. The zero-order valence-electron chi connectivity index (χ0n) is 12.4. The highest BCUT2D eigenvalue weighted by Crippen LogP contribution is 2.27. The maximum atomic E-state index is 12.8. The third-order valence-electron chi connectivity index (χ3n) is 3.80. The molecule has 1 aromatic rings. The Kier molecular flexibility index (Phi) is 5.00. The second-order valence-electron chi connectivity index (χ2n) is 5.36. The van der Waals surface area contributed by atoms with Crippen LogP contribution in [0.3, 0.4) is 0 Å². The molecule has 5 nitrogen and oxygen atoms in total. The molecular weight excluding hydrogens is 290 g/mol. The summed E-state index contributed by atoms with van der Waals surface area (Å²) < 4.78 is 31.7. The first-order valence-electron chi connectivity index (χ1n) is 7.10. The maximum Gasteiger partial charge on any atom is 0.307 e. The van der Waals surface area contributed by atoms with Gasteiger partial charge < -0.3 is 4.74 Å². The smallest absolute Gasteiger partial charge is 0.307 e. The zero-order valence-corrected chi connectivity index (χ0v) is 13.2. The SMILES string of the molecule is COC(=O)CC1CCCCN1S(=O)(=O)c1cccc(C)c1. The van der Waals surface area contributed by atoms with E-state index in [4.69, 9.17) is 0 Å². The number of carbonyl (C=O) groups excluding carboxylic acids is 1. The van der Waals surface area contributed by atoms with Crippen molar-refractivity contribution in [3.05, 3.63) is 29.8 Å². The topological polar surface area (TPSA) is 63.7 Å². The molecule has 1 heterocycles. The molecule has 1 fully saturated rings. The minimum absolute atomic E-state index is 0.113. The lowest BCUT2D eigenvalue weighted by Crippen LogP contribution is -2.44. The van der Waals surface area contributed by atoms with Crippen molar-refractivity contribution in [1.29, 1.82) is 0 Å². The Bertz CT molecular complexity index is 612. The number of ether oxygens (including phenoxy) is 1. The standard InChI is InChI=1S/C15H21NO4S/c1-12-6-5-8-14(10-12)21(18,19)16-9-4-3-7-13(16)11-15(17)20-2/h5-6,8,10,13H,3-4,7,9,11H2,1-2H3. The molecule has 0 bridgehead atoms. The second-order valence-corrected chi connectivity index (χ2v) is 7.25. The first-order chi connectivity index (χ1) is 9.95. The van der Waals surface area contributed by atoms with Crippen molar-refractivity contribution in [2.75, 3.05) is 13.7 Å². The summed E-state index contributed by atoms with van der Waals surface area (Å²) in [4.78, 5) is 11.8. The molecule has 0 saturated carbocycles. The minimum Gasteiger partial charge on any atom is -0.469 e. The Hall–Kier alpha value is -1.40. The van der Waals surface area contributed by atoms with Gasteiger partial charge in [0.05, 0.1) is 18.4 Å². The van der Waals surface area contributed by atoms with E-state index in [1.165, 1.54) is 11.4 Å². The van der Waals surface area contributed by atoms with E-state index in [1.54, 1.807) is 18.2 Å². The number of carbonyl (C=O) groups is 1. The first kappa shape index (κ1) is 16.0. The highest BCUT2D eigenvalue weighted by Gasteiger charge is 2.34. The van der Waals surface area contributed by atoms with Gasteiger partial charge >= 0.3 is 5.97 Å². The average molecular weight is 311 g/mol. The third kappa shape index (κ3) is 3.63. The van der Waals surface area contributed by atoms with E-state index >= 15 is 0 Å². The van der Waals surface area contributed by atoms with Crippen LogP contribution in [-0.4, -0.2) is 38.4 Å². The van der Waals surface area contributed by atoms with Crippen molar-refractivity contribution in [3.8, 4) is 0 Å². The van der Waals surface area contributed by atoms with Gasteiger partial charge in [-0.1, -0.05) is 18.6 Å². The van der Waals surface area contributed by atoms with Crippen LogP contribution < -0.4 is 0 Å². The summed E-state index contributed by atoms with van der Waals surface area (Å²) in [6.45, 7) is 2.32. The van der Waals surface area contributed by atoms with Gasteiger partial charge in [-0.15, -0.1) is 0 Å². The summed E-state index contributed by atoms with van der Waals surface area (Å²) in [6, 6.07) is 6.56. The number of hydrogen-bond acceptors (Lipinski definition) is 4. The molecule has 0 aliphatic carbocycles. The second kappa shape index (κ2) is 6.58. The van der Waals surface area contributed by atoms with Crippen LogP contribution >= 0.6 is 0 Å². The molecule has 0 N–H and O–H groups in total. The van der Waals surface area contributed by atoms with Crippen molar-refractivity contribution in [3.63, 3.8) is 0 Å². The molecule has 2 rings (SSSR count). The molecule has 0 amide bonds. The average Bonchev–Trinajstić information content (AvgIpc) is 2.47. The summed E-state index contributed by atoms with van der Waals surface area (Å²) in [5, 5.41) is 0. The lowest BCUT2D eigenvalue weighted by Gasteiger charge is -2.34. The Morgan fingerprint density at radius 2 is 2.14 bits per heavy atom. The van der Waals surface area contributed by atoms with E-state index < -0.39 is 10.0 Å².